The van der Waals surface area contributed by atoms with Crippen molar-refractivity contribution in [1.82, 2.24) is 20.3 Å². The van der Waals surface area contributed by atoms with Gasteiger partial charge in [-0.1, -0.05) is 31.0 Å². The second-order valence-electron chi connectivity index (χ2n) is 8.97. The number of aromatic hydroxyl groups is 1. The molecule has 178 valence electrons. The Morgan fingerprint density at radius 1 is 1.00 bits per heavy atom. The Morgan fingerprint density at radius 3 is 2.39 bits per heavy atom. The summed E-state index contributed by atoms with van der Waals surface area (Å²) in [4.78, 5) is 28.7. The molecule has 1 aromatic carbocycles. The van der Waals surface area contributed by atoms with Crippen LogP contribution in [0.15, 0.2) is 24.3 Å². The first-order chi connectivity index (χ1) is 16.1. The average molecular weight is 454 g/mol. The minimum absolute atomic E-state index is 0.00667. The van der Waals surface area contributed by atoms with E-state index in [1.165, 1.54) is 25.7 Å². The van der Waals surface area contributed by atoms with Crippen molar-refractivity contribution in [3.63, 3.8) is 0 Å². The Bertz CT molecular complexity index is 923. The number of hydrogen-bond acceptors (Lipinski definition) is 8. The fourth-order valence-corrected chi connectivity index (χ4v) is 4.62. The third-order valence-corrected chi connectivity index (χ3v) is 6.61. The predicted molar refractivity (Wildman–Crippen MR) is 129 cm³/mol. The van der Waals surface area contributed by atoms with E-state index in [2.05, 4.69) is 30.8 Å². The fourth-order valence-electron chi connectivity index (χ4n) is 4.62. The second-order valence-corrected chi connectivity index (χ2v) is 8.97. The number of carbonyl (C=O) groups is 1. The summed E-state index contributed by atoms with van der Waals surface area (Å²) < 4.78 is 0. The number of amides is 1. The quantitative estimate of drug-likeness (QED) is 0.505. The van der Waals surface area contributed by atoms with Crippen LogP contribution in [0.1, 0.15) is 56.9 Å². The molecule has 0 bridgehead atoms. The average Bonchev–Trinajstić information content (AvgIpc) is 3.13. The van der Waals surface area contributed by atoms with Gasteiger partial charge in [0, 0.05) is 44.2 Å². The Hall–Kier alpha value is -3.10. The molecular formula is C24H35N7O2. The van der Waals surface area contributed by atoms with Crippen molar-refractivity contribution < 1.29 is 9.90 Å². The van der Waals surface area contributed by atoms with Gasteiger partial charge in [0.25, 0.3) is 0 Å². The zero-order chi connectivity index (χ0) is 23.0. The Labute approximate surface area is 195 Å². The van der Waals surface area contributed by atoms with Gasteiger partial charge in [0.1, 0.15) is 5.75 Å². The summed E-state index contributed by atoms with van der Waals surface area (Å²) in [6, 6.07) is 7.33. The molecule has 2 fully saturated rings. The van der Waals surface area contributed by atoms with Crippen LogP contribution in [0, 0.1) is 5.92 Å². The number of aromatic nitrogens is 3. The standard InChI is InChI=1S/C24H35N7O2/c1-25-22-28-23(30-24(29-22)31-14-6-2-3-7-15-31)27-19-12-10-17(11-13-19)21(33)26-16-18-8-4-5-9-20(18)32/h4-5,8-9,17,19,32H,2-3,6-7,10-16H2,1H3,(H,26,33)(H2,25,27,28,29,30). The molecule has 1 saturated heterocycles. The topological polar surface area (TPSA) is 115 Å². The predicted octanol–water partition coefficient (Wildman–Crippen LogP) is 3.29. The highest BCUT2D eigenvalue weighted by atomic mass is 16.3. The molecule has 2 heterocycles. The lowest BCUT2D eigenvalue weighted by Gasteiger charge is -2.29. The number of rotatable bonds is 7. The highest BCUT2D eigenvalue weighted by Crippen LogP contribution is 2.27. The fraction of sp³-hybridized carbons (Fsp3) is 0.583. The van der Waals surface area contributed by atoms with E-state index < -0.39 is 0 Å². The largest absolute Gasteiger partial charge is 0.508 e. The number of nitrogens with zero attached hydrogens (tertiary/aromatic N) is 4. The van der Waals surface area contributed by atoms with E-state index in [-0.39, 0.29) is 23.6 Å². The lowest BCUT2D eigenvalue weighted by Crippen LogP contribution is -2.36. The summed E-state index contributed by atoms with van der Waals surface area (Å²) in [6.07, 6.45) is 8.24. The number of para-hydroxylation sites is 1. The van der Waals surface area contributed by atoms with Gasteiger partial charge < -0.3 is 26.0 Å². The Kier molecular flexibility index (Phi) is 7.80. The van der Waals surface area contributed by atoms with Crippen LogP contribution in [0.2, 0.25) is 0 Å². The van der Waals surface area contributed by atoms with Crippen molar-refractivity contribution in [3.8, 4) is 5.75 Å². The molecule has 4 N–H and O–H groups in total. The number of hydrogen-bond donors (Lipinski definition) is 4. The maximum atomic E-state index is 12.6. The van der Waals surface area contributed by atoms with Gasteiger partial charge in [-0.05, 0) is 44.6 Å². The maximum Gasteiger partial charge on any atom is 0.231 e. The first kappa shape index (κ1) is 23.1. The smallest absolute Gasteiger partial charge is 0.231 e. The van der Waals surface area contributed by atoms with Gasteiger partial charge in [-0.15, -0.1) is 0 Å². The molecule has 33 heavy (non-hydrogen) atoms. The van der Waals surface area contributed by atoms with Crippen molar-refractivity contribution in [2.45, 2.75) is 64.0 Å². The van der Waals surface area contributed by atoms with E-state index in [9.17, 15) is 9.90 Å². The minimum Gasteiger partial charge on any atom is -0.508 e. The summed E-state index contributed by atoms with van der Waals surface area (Å²) in [6.45, 7) is 2.31. The van der Waals surface area contributed by atoms with Crippen molar-refractivity contribution in [1.29, 1.82) is 0 Å². The molecule has 4 rings (SSSR count). The first-order valence-electron chi connectivity index (χ1n) is 12.1. The molecule has 0 radical (unpaired) electrons. The molecule has 0 atom stereocenters. The van der Waals surface area contributed by atoms with Gasteiger partial charge in [0.05, 0.1) is 0 Å². The van der Waals surface area contributed by atoms with E-state index in [0.717, 1.165) is 50.3 Å². The van der Waals surface area contributed by atoms with Gasteiger partial charge in [0.15, 0.2) is 0 Å². The van der Waals surface area contributed by atoms with Gasteiger partial charge in [-0.2, -0.15) is 15.0 Å². The van der Waals surface area contributed by atoms with Crippen LogP contribution in [-0.4, -0.2) is 52.1 Å². The number of phenolic OH excluding ortho intramolecular Hbond substituents is 1. The molecule has 1 aliphatic heterocycles. The molecule has 9 nitrogen and oxygen atoms in total. The molecule has 1 aromatic heterocycles. The Balaban J connectivity index is 1.30. The number of benzene rings is 1. The van der Waals surface area contributed by atoms with Crippen molar-refractivity contribution in [2.24, 2.45) is 5.92 Å². The van der Waals surface area contributed by atoms with Crippen LogP contribution < -0.4 is 20.9 Å². The molecule has 1 amide bonds. The van der Waals surface area contributed by atoms with E-state index in [0.29, 0.717) is 18.4 Å². The molecule has 9 heteroatoms. The molecule has 0 unspecified atom stereocenters. The molecular weight excluding hydrogens is 418 g/mol. The van der Waals surface area contributed by atoms with E-state index in [1.54, 1.807) is 12.1 Å². The van der Waals surface area contributed by atoms with Crippen LogP contribution >= 0.6 is 0 Å². The number of anilines is 3. The van der Waals surface area contributed by atoms with Crippen LogP contribution in [0.25, 0.3) is 0 Å². The van der Waals surface area contributed by atoms with Crippen LogP contribution in [0.4, 0.5) is 17.8 Å². The van der Waals surface area contributed by atoms with Gasteiger partial charge in [0.2, 0.25) is 23.8 Å². The summed E-state index contributed by atoms with van der Waals surface area (Å²) in [5.41, 5.74) is 0.733. The number of phenols is 1. The summed E-state index contributed by atoms with van der Waals surface area (Å²) in [5.74, 6) is 2.16. The molecule has 2 aliphatic rings. The highest BCUT2D eigenvalue weighted by Gasteiger charge is 2.27. The SMILES string of the molecule is CNc1nc(NC2CCC(C(=O)NCc3ccccc3O)CC2)nc(N2CCCCCC2)n1. The zero-order valence-corrected chi connectivity index (χ0v) is 19.4. The lowest BCUT2D eigenvalue weighted by atomic mass is 9.85. The molecule has 0 spiro atoms. The number of nitrogens with one attached hydrogen (secondary N) is 3. The monoisotopic (exact) mass is 453 g/mol. The summed E-state index contributed by atoms with van der Waals surface area (Å²) >= 11 is 0. The van der Waals surface area contributed by atoms with Crippen LogP contribution in [-0.2, 0) is 11.3 Å². The van der Waals surface area contributed by atoms with E-state index >= 15 is 0 Å². The lowest BCUT2D eigenvalue weighted by molar-refractivity contribution is -0.126. The van der Waals surface area contributed by atoms with Crippen molar-refractivity contribution >= 4 is 23.8 Å². The maximum absolute atomic E-state index is 12.6. The Morgan fingerprint density at radius 2 is 1.70 bits per heavy atom. The molecule has 1 saturated carbocycles. The van der Waals surface area contributed by atoms with Crippen LogP contribution in [0.3, 0.4) is 0 Å². The summed E-state index contributed by atoms with van der Waals surface area (Å²) in [7, 11) is 1.82. The zero-order valence-electron chi connectivity index (χ0n) is 19.4. The normalized spacial score (nSPS) is 21.2. The van der Waals surface area contributed by atoms with Crippen molar-refractivity contribution in [3.05, 3.63) is 29.8 Å². The molecule has 1 aliphatic carbocycles. The van der Waals surface area contributed by atoms with Gasteiger partial charge >= 0.3 is 0 Å². The van der Waals surface area contributed by atoms with Gasteiger partial charge in [-0.25, -0.2) is 0 Å². The summed E-state index contributed by atoms with van der Waals surface area (Å²) in [5, 5.41) is 19.4. The second kappa shape index (κ2) is 11.2. The number of carbonyl (C=O) groups excluding carboxylic acids is 1. The third-order valence-electron chi connectivity index (χ3n) is 6.61. The third kappa shape index (κ3) is 6.24. The minimum atomic E-state index is -0.00667. The molecule has 2 aromatic rings. The van der Waals surface area contributed by atoms with E-state index in [4.69, 9.17) is 4.98 Å². The highest BCUT2D eigenvalue weighted by molar-refractivity contribution is 5.78. The van der Waals surface area contributed by atoms with Crippen molar-refractivity contribution in [2.75, 3.05) is 35.7 Å². The van der Waals surface area contributed by atoms with Gasteiger partial charge in [-0.3, -0.25) is 4.79 Å². The van der Waals surface area contributed by atoms with E-state index in [1.807, 2.05) is 19.2 Å². The first-order valence-corrected chi connectivity index (χ1v) is 12.1. The van der Waals surface area contributed by atoms with Crippen LogP contribution in [0.5, 0.6) is 5.75 Å².